The van der Waals surface area contributed by atoms with Gasteiger partial charge in [-0.15, -0.1) is 10.1 Å². The van der Waals surface area contributed by atoms with Crippen LogP contribution in [0.5, 0.6) is 0 Å². The first-order valence-corrected chi connectivity index (χ1v) is 5.09. The number of amides is 1. The molecule has 0 radical (unpaired) electrons. The summed E-state index contributed by atoms with van der Waals surface area (Å²) in [7, 11) is 0. The first-order chi connectivity index (χ1) is 7.61. The van der Waals surface area contributed by atoms with E-state index in [1.807, 2.05) is 0 Å². The fourth-order valence-electron chi connectivity index (χ4n) is 1.78. The molecule has 0 aromatic rings. The molecule has 0 aromatic carbocycles. The van der Waals surface area contributed by atoms with Gasteiger partial charge in [-0.1, -0.05) is 0 Å². The van der Waals surface area contributed by atoms with E-state index in [1.165, 1.54) is 0 Å². The van der Waals surface area contributed by atoms with E-state index in [-0.39, 0.29) is 24.5 Å². The largest absolute Gasteiger partial charge is 0.352 e. The quantitative estimate of drug-likeness (QED) is 0.557. The number of nitrogens with one attached hydrogen (secondary N) is 1. The summed E-state index contributed by atoms with van der Waals surface area (Å²) in [6.45, 7) is 0. The van der Waals surface area contributed by atoms with E-state index in [4.69, 9.17) is 5.26 Å². The van der Waals surface area contributed by atoms with Crippen molar-refractivity contribution in [2.45, 2.75) is 44.2 Å². The Hall–Kier alpha value is -1.84. The molecule has 1 aliphatic carbocycles. The first-order valence-electron chi connectivity index (χ1n) is 5.09. The molecule has 0 bridgehead atoms. The van der Waals surface area contributed by atoms with Gasteiger partial charge >= 0.3 is 0 Å². The number of nitriles is 1. The third kappa shape index (κ3) is 4.13. The number of nitrogens with zero attached hydrogens (tertiary/aromatic N) is 2. The third-order valence-corrected chi connectivity index (χ3v) is 2.51. The standard InChI is InChI=1S/C9H13N3O4/c10-6-5-9(13)11-7-1-3-8(4-2-7)16-12(14)15/h7-8H,1-5H2,(H,11,13). The molecule has 88 valence electrons. The number of rotatable bonds is 4. The lowest BCUT2D eigenvalue weighted by Gasteiger charge is -2.27. The van der Waals surface area contributed by atoms with E-state index < -0.39 is 5.09 Å². The summed E-state index contributed by atoms with van der Waals surface area (Å²) in [5.41, 5.74) is 0. The zero-order chi connectivity index (χ0) is 12.0. The highest BCUT2D eigenvalue weighted by molar-refractivity contribution is 5.78. The van der Waals surface area contributed by atoms with Crippen LogP contribution in [0.25, 0.3) is 0 Å². The molecule has 0 heterocycles. The van der Waals surface area contributed by atoms with Crippen LogP contribution in [-0.2, 0) is 9.63 Å². The molecule has 1 N–H and O–H groups in total. The number of hydrogen-bond acceptors (Lipinski definition) is 5. The second-order valence-electron chi connectivity index (χ2n) is 3.71. The maximum atomic E-state index is 11.1. The number of carbonyl (C=O) groups excluding carboxylic acids is 1. The zero-order valence-corrected chi connectivity index (χ0v) is 8.72. The summed E-state index contributed by atoms with van der Waals surface area (Å²) in [5.74, 6) is -0.291. The molecule has 1 aliphatic rings. The second kappa shape index (κ2) is 5.90. The van der Waals surface area contributed by atoms with E-state index in [9.17, 15) is 14.9 Å². The summed E-state index contributed by atoms with van der Waals surface area (Å²) < 4.78 is 0. The Morgan fingerprint density at radius 3 is 2.62 bits per heavy atom. The molecular weight excluding hydrogens is 214 g/mol. The lowest BCUT2D eigenvalue weighted by Crippen LogP contribution is -2.39. The van der Waals surface area contributed by atoms with Gasteiger partial charge in [0.2, 0.25) is 5.91 Å². The van der Waals surface area contributed by atoms with Crippen LogP contribution in [0.4, 0.5) is 0 Å². The maximum Gasteiger partial charge on any atom is 0.294 e. The van der Waals surface area contributed by atoms with Crippen molar-refractivity contribution in [3.05, 3.63) is 10.1 Å². The van der Waals surface area contributed by atoms with Gasteiger partial charge in [0.1, 0.15) is 12.5 Å². The number of carbonyl (C=O) groups is 1. The van der Waals surface area contributed by atoms with Gasteiger partial charge in [-0.2, -0.15) is 5.26 Å². The monoisotopic (exact) mass is 227 g/mol. The highest BCUT2D eigenvalue weighted by Gasteiger charge is 2.24. The Labute approximate surface area is 92.5 Å². The summed E-state index contributed by atoms with van der Waals surface area (Å²) in [4.78, 5) is 25.6. The van der Waals surface area contributed by atoms with Gasteiger partial charge in [-0.25, -0.2) is 0 Å². The van der Waals surface area contributed by atoms with E-state index in [0.717, 1.165) is 0 Å². The van der Waals surface area contributed by atoms with Crippen molar-refractivity contribution in [3.8, 4) is 6.07 Å². The molecule has 7 nitrogen and oxygen atoms in total. The van der Waals surface area contributed by atoms with Crippen molar-refractivity contribution in [3.63, 3.8) is 0 Å². The van der Waals surface area contributed by atoms with E-state index >= 15 is 0 Å². The van der Waals surface area contributed by atoms with Crippen molar-refractivity contribution in [2.75, 3.05) is 0 Å². The van der Waals surface area contributed by atoms with Gasteiger partial charge < -0.3 is 10.2 Å². The average Bonchev–Trinajstić information content (AvgIpc) is 2.20. The minimum Gasteiger partial charge on any atom is -0.352 e. The summed E-state index contributed by atoms with van der Waals surface area (Å²) >= 11 is 0. The van der Waals surface area contributed by atoms with Crippen molar-refractivity contribution in [2.24, 2.45) is 0 Å². The normalized spacial score (nSPS) is 24.2. The van der Waals surface area contributed by atoms with Gasteiger partial charge in [0.15, 0.2) is 0 Å². The third-order valence-electron chi connectivity index (χ3n) is 2.51. The van der Waals surface area contributed by atoms with Crippen LogP contribution in [0.3, 0.4) is 0 Å². The van der Waals surface area contributed by atoms with Crippen LogP contribution >= 0.6 is 0 Å². The highest BCUT2D eigenvalue weighted by Crippen LogP contribution is 2.21. The van der Waals surface area contributed by atoms with Crippen LogP contribution < -0.4 is 5.32 Å². The van der Waals surface area contributed by atoms with Crippen molar-refractivity contribution in [1.82, 2.24) is 5.32 Å². The fraction of sp³-hybridized carbons (Fsp3) is 0.778. The molecule has 16 heavy (non-hydrogen) atoms. The lowest BCUT2D eigenvalue weighted by molar-refractivity contribution is -0.769. The molecule has 1 amide bonds. The zero-order valence-electron chi connectivity index (χ0n) is 8.72. The Bertz CT molecular complexity index is 304. The molecule has 1 rings (SSSR count). The number of hydrogen-bond donors (Lipinski definition) is 1. The molecule has 7 heteroatoms. The van der Waals surface area contributed by atoms with E-state index in [0.29, 0.717) is 25.7 Å². The van der Waals surface area contributed by atoms with Gasteiger partial charge in [0.05, 0.1) is 6.07 Å². The molecule has 1 saturated carbocycles. The fourth-order valence-corrected chi connectivity index (χ4v) is 1.78. The highest BCUT2D eigenvalue weighted by atomic mass is 17.0. The van der Waals surface area contributed by atoms with Crippen LogP contribution in [-0.4, -0.2) is 23.1 Å². The molecule has 1 fully saturated rings. The lowest BCUT2D eigenvalue weighted by atomic mass is 9.93. The molecule has 0 aromatic heterocycles. The molecule has 0 atom stereocenters. The van der Waals surface area contributed by atoms with E-state index in [2.05, 4.69) is 10.2 Å². The van der Waals surface area contributed by atoms with Crippen LogP contribution in [0.1, 0.15) is 32.1 Å². The SMILES string of the molecule is N#CCC(=O)NC1CCC(O[N+](=O)[O-])CC1. The van der Waals surface area contributed by atoms with Crippen LogP contribution in [0.2, 0.25) is 0 Å². The first kappa shape index (κ1) is 12.2. The summed E-state index contributed by atoms with van der Waals surface area (Å²) in [6.07, 6.45) is 1.90. The minimum atomic E-state index is -0.779. The van der Waals surface area contributed by atoms with Crippen molar-refractivity contribution < 1.29 is 14.7 Å². The minimum absolute atomic E-state index is 0.00690. The maximum absolute atomic E-state index is 11.1. The van der Waals surface area contributed by atoms with Gasteiger partial charge in [0, 0.05) is 6.04 Å². The summed E-state index contributed by atoms with van der Waals surface area (Å²) in [6, 6.07) is 1.77. The Kier molecular flexibility index (Phi) is 4.51. The van der Waals surface area contributed by atoms with E-state index in [1.54, 1.807) is 6.07 Å². The second-order valence-corrected chi connectivity index (χ2v) is 3.71. The topological polar surface area (TPSA) is 105 Å². The molecular formula is C9H13N3O4. The smallest absolute Gasteiger partial charge is 0.294 e. The van der Waals surface area contributed by atoms with Gasteiger partial charge in [-0.05, 0) is 25.7 Å². The van der Waals surface area contributed by atoms with Crippen molar-refractivity contribution >= 4 is 5.91 Å². The van der Waals surface area contributed by atoms with Crippen molar-refractivity contribution in [1.29, 1.82) is 5.26 Å². The Balaban J connectivity index is 2.24. The van der Waals surface area contributed by atoms with Gasteiger partial charge in [-0.3, -0.25) is 4.79 Å². The molecule has 0 spiro atoms. The Morgan fingerprint density at radius 2 is 2.12 bits per heavy atom. The average molecular weight is 227 g/mol. The summed E-state index contributed by atoms with van der Waals surface area (Å²) in [5, 5.41) is 20.3. The van der Waals surface area contributed by atoms with Crippen LogP contribution in [0.15, 0.2) is 0 Å². The molecule has 0 aliphatic heterocycles. The van der Waals surface area contributed by atoms with Crippen LogP contribution in [0, 0.1) is 21.4 Å². The predicted octanol–water partition coefficient (Wildman–Crippen LogP) is 0.536. The predicted molar refractivity (Wildman–Crippen MR) is 52.5 cm³/mol. The Morgan fingerprint density at radius 1 is 1.50 bits per heavy atom. The molecule has 0 unspecified atom stereocenters. The van der Waals surface area contributed by atoms with Gasteiger partial charge in [0.25, 0.3) is 5.09 Å². The molecule has 0 saturated heterocycles.